The minimum Gasteiger partial charge on any atom is -0.370 e. The van der Waals surface area contributed by atoms with E-state index < -0.39 is 0 Å². The van der Waals surface area contributed by atoms with Crippen molar-refractivity contribution >= 4 is 5.84 Å². The molecule has 0 saturated heterocycles. The van der Waals surface area contributed by atoms with Gasteiger partial charge in [0.05, 0.1) is 0 Å². The number of aliphatic imine (C=N–C) groups is 1. The van der Waals surface area contributed by atoms with Crippen LogP contribution in [-0.4, -0.2) is 18.9 Å². The zero-order valence-electron chi connectivity index (χ0n) is 12.5. The first-order chi connectivity index (χ1) is 9.77. The summed E-state index contributed by atoms with van der Waals surface area (Å²) in [5, 5.41) is 3.33. The average Bonchev–Trinajstić information content (AvgIpc) is 2.50. The van der Waals surface area contributed by atoms with E-state index in [4.69, 9.17) is 0 Å². The van der Waals surface area contributed by atoms with E-state index in [9.17, 15) is 0 Å². The number of hydrogen-bond acceptors (Lipinski definition) is 2. The summed E-state index contributed by atoms with van der Waals surface area (Å²) >= 11 is 0. The molecule has 2 aromatic rings. The molecule has 1 aliphatic heterocycles. The summed E-state index contributed by atoms with van der Waals surface area (Å²) in [5.41, 5.74) is 3.72. The molecule has 1 heterocycles. The Morgan fingerprint density at radius 2 is 1.81 bits per heavy atom. The van der Waals surface area contributed by atoms with Crippen molar-refractivity contribution in [3.8, 4) is 0 Å². The monoisotopic (exact) mass is 460 g/mol. The van der Waals surface area contributed by atoms with Crippen LogP contribution in [-0.2, 0) is 21.1 Å². The molecule has 0 fully saturated rings. The Balaban J connectivity index is 0.000000236. The van der Waals surface area contributed by atoms with Gasteiger partial charge >= 0.3 is 0 Å². The van der Waals surface area contributed by atoms with Gasteiger partial charge in [0, 0.05) is 39.7 Å². The third-order valence-electron chi connectivity index (χ3n) is 3.16. The summed E-state index contributed by atoms with van der Waals surface area (Å²) in [5.74, 6) is 1.06. The first-order valence-electron chi connectivity index (χ1n) is 7.05. The fraction of sp³-hybridized carbons (Fsp3) is 0.278. The first kappa shape index (κ1) is 17.6. The van der Waals surface area contributed by atoms with E-state index in [0.717, 1.165) is 25.3 Å². The molecule has 0 spiro atoms. The second-order valence-corrected chi connectivity index (χ2v) is 4.87. The van der Waals surface area contributed by atoms with Gasteiger partial charge in [-0.25, -0.2) is 0 Å². The fourth-order valence-electron chi connectivity index (χ4n) is 2.03. The number of nitrogens with one attached hydrogen (secondary N) is 1. The Labute approximate surface area is 142 Å². The van der Waals surface area contributed by atoms with Crippen LogP contribution in [0.4, 0.5) is 0 Å². The van der Waals surface area contributed by atoms with E-state index in [-0.39, 0.29) is 21.1 Å². The Bertz CT molecular complexity index is 564. The minimum absolute atomic E-state index is 0. The van der Waals surface area contributed by atoms with Crippen LogP contribution in [0.15, 0.2) is 53.5 Å². The number of aryl methyl sites for hydroxylation is 2. The normalized spacial score (nSPS) is 13.0. The van der Waals surface area contributed by atoms with E-state index in [2.05, 4.69) is 47.6 Å². The van der Waals surface area contributed by atoms with E-state index in [1.54, 1.807) is 0 Å². The van der Waals surface area contributed by atoms with Crippen molar-refractivity contribution in [1.29, 1.82) is 0 Å². The third kappa shape index (κ3) is 5.85. The Morgan fingerprint density at radius 1 is 1.05 bits per heavy atom. The van der Waals surface area contributed by atoms with Crippen LogP contribution in [0.2, 0.25) is 0 Å². The smallest absolute Gasteiger partial charge is 0.128 e. The molecule has 2 aromatic carbocycles. The minimum atomic E-state index is 0. The molecule has 1 N–H and O–H groups in total. The van der Waals surface area contributed by atoms with Gasteiger partial charge in [-0.05, 0) is 18.9 Å². The van der Waals surface area contributed by atoms with Gasteiger partial charge in [0.1, 0.15) is 5.84 Å². The molecule has 0 amide bonds. The van der Waals surface area contributed by atoms with Crippen molar-refractivity contribution in [3.05, 3.63) is 71.3 Å². The van der Waals surface area contributed by atoms with Gasteiger partial charge in [0.2, 0.25) is 0 Å². The Morgan fingerprint density at radius 3 is 2.33 bits per heavy atom. The molecule has 1 aliphatic rings. The molecule has 0 radical (unpaired) electrons. The number of benzene rings is 2. The standard InChI is InChI=1S/C11H14N2.C7H7.Pt/c1-9-5-2-3-6-10(9)11-12-7-4-8-13-11;1-7-5-3-2-4-6-7;/h2-3,5-6H,4,7-8H2,1H3,(H,12,13);2-5H,1H3;/q;-1;. The van der Waals surface area contributed by atoms with Gasteiger partial charge in [-0.3, -0.25) is 4.99 Å². The average molecular weight is 460 g/mol. The van der Waals surface area contributed by atoms with Crippen LogP contribution in [0.25, 0.3) is 0 Å². The summed E-state index contributed by atoms with van der Waals surface area (Å²) in [6.45, 7) is 6.15. The maximum atomic E-state index is 4.47. The van der Waals surface area contributed by atoms with Crippen molar-refractivity contribution in [2.45, 2.75) is 20.3 Å². The van der Waals surface area contributed by atoms with Gasteiger partial charge in [0.15, 0.2) is 0 Å². The third-order valence-corrected chi connectivity index (χ3v) is 3.16. The molecule has 21 heavy (non-hydrogen) atoms. The van der Waals surface area contributed by atoms with Crippen molar-refractivity contribution in [3.63, 3.8) is 0 Å². The van der Waals surface area contributed by atoms with E-state index in [1.807, 2.05) is 31.2 Å². The van der Waals surface area contributed by atoms with Gasteiger partial charge < -0.3 is 5.32 Å². The first-order valence-corrected chi connectivity index (χ1v) is 7.05. The van der Waals surface area contributed by atoms with Gasteiger partial charge in [-0.15, -0.1) is 0 Å². The molecule has 0 saturated carbocycles. The summed E-state index contributed by atoms with van der Waals surface area (Å²) in [7, 11) is 0. The number of hydrogen-bond donors (Lipinski definition) is 1. The predicted molar refractivity (Wildman–Crippen MR) is 85.2 cm³/mol. The van der Waals surface area contributed by atoms with E-state index >= 15 is 0 Å². The summed E-state index contributed by atoms with van der Waals surface area (Å²) in [6, 6.07) is 19.3. The molecule has 0 bridgehead atoms. The van der Waals surface area contributed by atoms with Crippen LogP contribution in [0.1, 0.15) is 23.1 Å². The molecule has 2 nitrogen and oxygen atoms in total. The van der Waals surface area contributed by atoms with Crippen molar-refractivity contribution < 1.29 is 21.1 Å². The van der Waals surface area contributed by atoms with Crippen LogP contribution in [0.5, 0.6) is 0 Å². The molecule has 114 valence electrons. The molecular weight excluding hydrogens is 439 g/mol. The molecule has 3 heteroatoms. The number of nitrogens with zero attached hydrogens (tertiary/aromatic N) is 1. The van der Waals surface area contributed by atoms with Crippen molar-refractivity contribution in [2.75, 3.05) is 13.1 Å². The molecule has 3 rings (SSSR count). The van der Waals surface area contributed by atoms with Gasteiger partial charge in [-0.1, -0.05) is 31.2 Å². The van der Waals surface area contributed by atoms with Crippen LogP contribution < -0.4 is 5.32 Å². The van der Waals surface area contributed by atoms with Gasteiger partial charge in [-0.2, -0.15) is 35.9 Å². The second-order valence-electron chi connectivity index (χ2n) is 4.87. The fourth-order valence-corrected chi connectivity index (χ4v) is 2.03. The van der Waals surface area contributed by atoms with Gasteiger partial charge in [0.25, 0.3) is 0 Å². The van der Waals surface area contributed by atoms with Crippen molar-refractivity contribution in [1.82, 2.24) is 5.32 Å². The topological polar surface area (TPSA) is 24.4 Å². The molecule has 0 aromatic heterocycles. The zero-order chi connectivity index (χ0) is 14.2. The summed E-state index contributed by atoms with van der Waals surface area (Å²) < 4.78 is 0. The Kier molecular flexibility index (Phi) is 8.00. The zero-order valence-corrected chi connectivity index (χ0v) is 14.8. The van der Waals surface area contributed by atoms with Crippen molar-refractivity contribution in [2.24, 2.45) is 4.99 Å². The molecule has 0 atom stereocenters. The Hall–Kier alpha value is -1.40. The van der Waals surface area contributed by atoms with E-state index in [1.165, 1.54) is 16.7 Å². The van der Waals surface area contributed by atoms with Crippen LogP contribution in [0.3, 0.4) is 0 Å². The van der Waals surface area contributed by atoms with Crippen LogP contribution in [0, 0.1) is 19.9 Å². The van der Waals surface area contributed by atoms with Crippen LogP contribution >= 0.6 is 0 Å². The maximum Gasteiger partial charge on any atom is 0.128 e. The number of rotatable bonds is 1. The second kappa shape index (κ2) is 9.52. The molecule has 0 aliphatic carbocycles. The quantitative estimate of drug-likeness (QED) is 0.648. The molecular formula is C18H21N2Pt-. The largest absolute Gasteiger partial charge is 0.370 e. The summed E-state index contributed by atoms with van der Waals surface area (Å²) in [4.78, 5) is 4.47. The summed E-state index contributed by atoms with van der Waals surface area (Å²) in [6.07, 6.45) is 1.15. The van der Waals surface area contributed by atoms with E-state index in [0.29, 0.717) is 0 Å². The SMILES string of the molecule is Cc1[c-]cccc1.Cc1ccccc1C1=NCCCN1.[Pt]. The number of amidine groups is 1. The maximum absolute atomic E-state index is 4.47. The predicted octanol–water partition coefficient (Wildman–Crippen LogP) is 3.53. The molecule has 0 unspecified atom stereocenters.